The number of rotatable bonds is 4. The number of para-hydroxylation sites is 1. The van der Waals surface area contributed by atoms with E-state index < -0.39 is 5.82 Å². The summed E-state index contributed by atoms with van der Waals surface area (Å²) in [5, 5.41) is 5.80. The first-order chi connectivity index (χ1) is 9.10. The van der Waals surface area contributed by atoms with Crippen LogP contribution in [-0.2, 0) is 0 Å². The lowest BCUT2D eigenvalue weighted by molar-refractivity contribution is 0.631. The van der Waals surface area contributed by atoms with Crippen LogP contribution in [0.5, 0.6) is 0 Å². The second-order valence-electron chi connectivity index (χ2n) is 3.50. The average molecular weight is 302 g/mol. The molecule has 2 N–H and O–H groups in total. The first-order valence-electron chi connectivity index (χ1n) is 5.46. The molecule has 0 bridgehead atoms. The molecule has 0 aliphatic rings. The fraction of sp³-hybridized carbons (Fsp3) is 0.182. The van der Waals surface area contributed by atoms with E-state index >= 15 is 0 Å². The SMILES string of the molecule is CCNc1nc(Cl)nc(Nc2c(F)cccc2Cl)n1. The number of nitrogens with zero attached hydrogens (tertiary/aromatic N) is 3. The Bertz CT molecular complexity index is 573. The molecule has 2 rings (SSSR count). The molecule has 0 aliphatic heterocycles. The van der Waals surface area contributed by atoms with Crippen LogP contribution in [0, 0.1) is 5.82 Å². The Morgan fingerprint density at radius 3 is 2.58 bits per heavy atom. The molecule has 0 atom stereocenters. The summed E-state index contributed by atoms with van der Waals surface area (Å²) in [6.45, 7) is 2.51. The second kappa shape index (κ2) is 5.99. The van der Waals surface area contributed by atoms with Gasteiger partial charge in [0, 0.05) is 6.54 Å². The fourth-order valence-electron chi connectivity index (χ4n) is 1.37. The van der Waals surface area contributed by atoms with Gasteiger partial charge in [-0.3, -0.25) is 0 Å². The molecule has 5 nitrogen and oxygen atoms in total. The summed E-state index contributed by atoms with van der Waals surface area (Å²) in [5.41, 5.74) is 0.0916. The zero-order valence-corrected chi connectivity index (χ0v) is 11.4. The molecule has 0 spiro atoms. The van der Waals surface area contributed by atoms with Crippen LogP contribution in [0.3, 0.4) is 0 Å². The quantitative estimate of drug-likeness (QED) is 0.905. The minimum atomic E-state index is -0.506. The van der Waals surface area contributed by atoms with Gasteiger partial charge in [0.1, 0.15) is 5.82 Å². The fourth-order valence-corrected chi connectivity index (χ4v) is 1.74. The average Bonchev–Trinajstić information content (AvgIpc) is 2.34. The number of nitrogens with one attached hydrogen (secondary N) is 2. The third kappa shape index (κ3) is 3.42. The van der Waals surface area contributed by atoms with Crippen LogP contribution >= 0.6 is 23.2 Å². The molecule has 1 aromatic heterocycles. The van der Waals surface area contributed by atoms with E-state index in [0.717, 1.165) is 0 Å². The van der Waals surface area contributed by atoms with Crippen molar-refractivity contribution in [1.82, 2.24) is 15.0 Å². The van der Waals surface area contributed by atoms with Gasteiger partial charge in [-0.2, -0.15) is 15.0 Å². The van der Waals surface area contributed by atoms with Crippen molar-refractivity contribution in [1.29, 1.82) is 0 Å². The third-order valence-corrected chi connectivity index (χ3v) is 2.63. The Hall–Kier alpha value is -1.66. The smallest absolute Gasteiger partial charge is 0.233 e. The number of anilines is 3. The molecule has 0 aliphatic carbocycles. The Balaban J connectivity index is 2.33. The van der Waals surface area contributed by atoms with Gasteiger partial charge in [-0.25, -0.2) is 4.39 Å². The largest absolute Gasteiger partial charge is 0.354 e. The van der Waals surface area contributed by atoms with E-state index in [1.807, 2.05) is 6.92 Å². The number of hydrogen-bond acceptors (Lipinski definition) is 5. The Morgan fingerprint density at radius 1 is 1.16 bits per heavy atom. The zero-order chi connectivity index (χ0) is 13.8. The van der Waals surface area contributed by atoms with E-state index in [2.05, 4.69) is 25.6 Å². The third-order valence-electron chi connectivity index (χ3n) is 2.14. The van der Waals surface area contributed by atoms with Gasteiger partial charge in [0.25, 0.3) is 0 Å². The molecular formula is C11H10Cl2FN5. The highest BCUT2D eigenvalue weighted by atomic mass is 35.5. The molecule has 0 saturated carbocycles. The minimum Gasteiger partial charge on any atom is -0.354 e. The van der Waals surface area contributed by atoms with E-state index in [0.29, 0.717) is 12.5 Å². The highest BCUT2D eigenvalue weighted by molar-refractivity contribution is 6.33. The minimum absolute atomic E-state index is 0.000844. The number of hydrogen-bond donors (Lipinski definition) is 2. The topological polar surface area (TPSA) is 62.7 Å². The van der Waals surface area contributed by atoms with E-state index in [4.69, 9.17) is 23.2 Å². The Morgan fingerprint density at radius 2 is 1.89 bits per heavy atom. The van der Waals surface area contributed by atoms with Crippen LogP contribution in [0.4, 0.5) is 22.0 Å². The first kappa shape index (κ1) is 13.8. The normalized spacial score (nSPS) is 10.3. The van der Waals surface area contributed by atoms with Crippen LogP contribution in [0.25, 0.3) is 0 Å². The predicted molar refractivity (Wildman–Crippen MR) is 73.7 cm³/mol. The van der Waals surface area contributed by atoms with Gasteiger partial charge in [0.05, 0.1) is 10.7 Å². The Labute approximate surface area is 119 Å². The molecule has 1 heterocycles. The molecule has 2 aromatic rings. The number of aromatic nitrogens is 3. The summed E-state index contributed by atoms with van der Waals surface area (Å²) in [4.78, 5) is 11.8. The van der Waals surface area contributed by atoms with E-state index in [1.54, 1.807) is 6.07 Å². The van der Waals surface area contributed by atoms with Crippen LogP contribution in [-0.4, -0.2) is 21.5 Å². The van der Waals surface area contributed by atoms with Gasteiger partial charge in [-0.1, -0.05) is 17.7 Å². The highest BCUT2D eigenvalue weighted by Gasteiger charge is 2.10. The van der Waals surface area contributed by atoms with Crippen molar-refractivity contribution < 1.29 is 4.39 Å². The van der Waals surface area contributed by atoms with Gasteiger partial charge in [-0.15, -0.1) is 0 Å². The van der Waals surface area contributed by atoms with Gasteiger partial charge < -0.3 is 10.6 Å². The van der Waals surface area contributed by atoms with E-state index in [-0.39, 0.29) is 21.9 Å². The molecule has 0 amide bonds. The maximum absolute atomic E-state index is 13.6. The van der Waals surface area contributed by atoms with Crippen LogP contribution in [0.15, 0.2) is 18.2 Å². The Kier molecular flexibility index (Phi) is 4.34. The van der Waals surface area contributed by atoms with Crippen molar-refractivity contribution in [3.63, 3.8) is 0 Å². The monoisotopic (exact) mass is 301 g/mol. The van der Waals surface area contributed by atoms with Crippen molar-refractivity contribution in [2.45, 2.75) is 6.92 Å². The number of halogens is 3. The molecule has 8 heteroatoms. The summed E-state index contributed by atoms with van der Waals surface area (Å²) < 4.78 is 13.6. The zero-order valence-electron chi connectivity index (χ0n) is 9.91. The van der Waals surface area contributed by atoms with Gasteiger partial charge in [0.15, 0.2) is 0 Å². The van der Waals surface area contributed by atoms with Gasteiger partial charge in [-0.05, 0) is 30.7 Å². The van der Waals surface area contributed by atoms with E-state index in [9.17, 15) is 4.39 Å². The highest BCUT2D eigenvalue weighted by Crippen LogP contribution is 2.27. The molecule has 19 heavy (non-hydrogen) atoms. The van der Waals surface area contributed by atoms with E-state index in [1.165, 1.54) is 12.1 Å². The van der Waals surface area contributed by atoms with Crippen molar-refractivity contribution in [3.05, 3.63) is 34.3 Å². The van der Waals surface area contributed by atoms with Crippen molar-refractivity contribution in [3.8, 4) is 0 Å². The van der Waals surface area contributed by atoms with Crippen LogP contribution in [0.1, 0.15) is 6.92 Å². The molecule has 0 saturated heterocycles. The van der Waals surface area contributed by atoms with Gasteiger partial charge >= 0.3 is 0 Å². The second-order valence-corrected chi connectivity index (χ2v) is 4.25. The molecule has 0 fully saturated rings. The lowest BCUT2D eigenvalue weighted by Crippen LogP contribution is -2.07. The molecular weight excluding hydrogens is 292 g/mol. The molecule has 0 radical (unpaired) electrons. The summed E-state index contributed by atoms with van der Waals surface area (Å²) >= 11 is 11.7. The van der Waals surface area contributed by atoms with Crippen molar-refractivity contribution >= 4 is 40.8 Å². The first-order valence-corrected chi connectivity index (χ1v) is 6.22. The molecule has 100 valence electrons. The van der Waals surface area contributed by atoms with Crippen LogP contribution in [0.2, 0.25) is 10.3 Å². The van der Waals surface area contributed by atoms with Gasteiger partial charge in [0.2, 0.25) is 17.2 Å². The summed E-state index contributed by atoms with van der Waals surface area (Å²) in [6.07, 6.45) is 0. The van der Waals surface area contributed by atoms with Crippen molar-refractivity contribution in [2.24, 2.45) is 0 Å². The maximum atomic E-state index is 13.6. The van der Waals surface area contributed by atoms with Crippen molar-refractivity contribution in [2.75, 3.05) is 17.2 Å². The summed E-state index contributed by atoms with van der Waals surface area (Å²) in [7, 11) is 0. The lowest BCUT2D eigenvalue weighted by atomic mass is 10.3. The maximum Gasteiger partial charge on any atom is 0.233 e. The lowest BCUT2D eigenvalue weighted by Gasteiger charge is -2.09. The van der Waals surface area contributed by atoms with Crippen LogP contribution < -0.4 is 10.6 Å². The molecule has 0 unspecified atom stereocenters. The number of benzene rings is 1. The standard InChI is InChI=1S/C11H10Cl2FN5/c1-2-15-10-17-9(13)18-11(19-10)16-8-6(12)4-3-5-7(8)14/h3-5H,2H2,1H3,(H2,15,16,17,18,19). The summed E-state index contributed by atoms with van der Waals surface area (Å²) in [6, 6.07) is 4.34. The predicted octanol–water partition coefficient (Wildman–Crippen LogP) is 3.49. The molecule has 1 aromatic carbocycles. The summed E-state index contributed by atoms with van der Waals surface area (Å²) in [5.74, 6) is -0.0885.